The molecule has 0 amide bonds. The first-order valence-corrected chi connectivity index (χ1v) is 8.79. The van der Waals surface area contributed by atoms with Gasteiger partial charge in [-0.1, -0.05) is 70.5 Å². The molecule has 0 aromatic heterocycles. The molecule has 5 rings (SSSR count). The van der Waals surface area contributed by atoms with Gasteiger partial charge in [0.1, 0.15) is 0 Å². The van der Waals surface area contributed by atoms with Gasteiger partial charge in [0.2, 0.25) is 0 Å². The van der Waals surface area contributed by atoms with Crippen molar-refractivity contribution >= 4 is 43.8 Å². The normalized spacial score (nSPS) is 12.3. The number of rotatable bonds is 1. The monoisotopic (exact) mass is 371 g/mol. The zero-order valence-corrected chi connectivity index (χ0v) is 14.5. The standard InChI is InChI=1S/C22H14BrN/c23-16-12-13-18-19-10-4-6-15-7-5-11-20(22(15)19)24(21(18)14-16)17-8-2-1-3-9-17/h1-14H. The van der Waals surface area contributed by atoms with Gasteiger partial charge >= 0.3 is 0 Å². The molecule has 2 heteroatoms. The van der Waals surface area contributed by atoms with Crippen molar-refractivity contribution in [3.63, 3.8) is 0 Å². The predicted molar refractivity (Wildman–Crippen MR) is 105 cm³/mol. The number of anilines is 3. The molecule has 114 valence electrons. The van der Waals surface area contributed by atoms with Crippen molar-refractivity contribution in [2.45, 2.75) is 0 Å². The fourth-order valence-electron chi connectivity index (χ4n) is 3.63. The lowest BCUT2D eigenvalue weighted by molar-refractivity contribution is 1.28. The van der Waals surface area contributed by atoms with E-state index in [4.69, 9.17) is 0 Å². The van der Waals surface area contributed by atoms with Gasteiger partial charge in [0.15, 0.2) is 0 Å². The van der Waals surface area contributed by atoms with Crippen LogP contribution in [0.25, 0.3) is 21.9 Å². The lowest BCUT2D eigenvalue weighted by Crippen LogP contribution is -2.14. The van der Waals surface area contributed by atoms with Gasteiger partial charge in [-0.3, -0.25) is 0 Å². The Morgan fingerprint density at radius 2 is 1.42 bits per heavy atom. The molecule has 0 saturated carbocycles. The minimum atomic E-state index is 1.09. The summed E-state index contributed by atoms with van der Waals surface area (Å²) in [6.45, 7) is 0. The number of benzene rings is 4. The topological polar surface area (TPSA) is 3.24 Å². The summed E-state index contributed by atoms with van der Waals surface area (Å²) < 4.78 is 1.09. The zero-order chi connectivity index (χ0) is 16.1. The SMILES string of the molecule is Brc1ccc2c(c1)N(c1ccccc1)c1cccc3cccc-2c13. The molecule has 0 spiro atoms. The molecule has 0 bridgehead atoms. The third-order valence-corrected chi connectivity index (χ3v) is 5.12. The molecule has 0 fully saturated rings. The molecule has 1 heterocycles. The van der Waals surface area contributed by atoms with Crippen molar-refractivity contribution in [3.8, 4) is 11.1 Å². The highest BCUT2D eigenvalue weighted by molar-refractivity contribution is 9.10. The Morgan fingerprint density at radius 1 is 0.625 bits per heavy atom. The Balaban J connectivity index is 1.95. The smallest absolute Gasteiger partial charge is 0.0551 e. The highest BCUT2D eigenvalue weighted by Gasteiger charge is 2.25. The molecule has 0 unspecified atom stereocenters. The van der Waals surface area contributed by atoms with Crippen LogP contribution in [0.3, 0.4) is 0 Å². The van der Waals surface area contributed by atoms with Crippen LogP contribution < -0.4 is 4.90 Å². The molecule has 0 radical (unpaired) electrons. The second-order valence-electron chi connectivity index (χ2n) is 6.01. The van der Waals surface area contributed by atoms with Gasteiger partial charge in [-0.05, 0) is 41.3 Å². The van der Waals surface area contributed by atoms with E-state index in [1.165, 1.54) is 39.0 Å². The van der Waals surface area contributed by atoms with Gasteiger partial charge in [-0.15, -0.1) is 0 Å². The second kappa shape index (κ2) is 5.22. The first kappa shape index (κ1) is 13.8. The Kier molecular flexibility index (Phi) is 3.00. The molecule has 1 nitrogen and oxygen atoms in total. The van der Waals surface area contributed by atoms with Crippen LogP contribution in [-0.2, 0) is 0 Å². The van der Waals surface area contributed by atoms with Gasteiger partial charge in [0, 0.05) is 21.1 Å². The maximum absolute atomic E-state index is 3.64. The number of hydrogen-bond donors (Lipinski definition) is 0. The van der Waals surface area contributed by atoms with Crippen LogP contribution in [0.5, 0.6) is 0 Å². The summed E-state index contributed by atoms with van der Waals surface area (Å²) in [5.74, 6) is 0. The van der Waals surface area contributed by atoms with Gasteiger partial charge in [-0.25, -0.2) is 0 Å². The van der Waals surface area contributed by atoms with Crippen molar-refractivity contribution in [1.82, 2.24) is 0 Å². The second-order valence-corrected chi connectivity index (χ2v) is 6.93. The number of nitrogens with zero attached hydrogens (tertiary/aromatic N) is 1. The van der Waals surface area contributed by atoms with Crippen LogP contribution in [0.2, 0.25) is 0 Å². The van der Waals surface area contributed by atoms with Crippen LogP contribution in [0, 0.1) is 0 Å². The van der Waals surface area contributed by atoms with E-state index in [9.17, 15) is 0 Å². The summed E-state index contributed by atoms with van der Waals surface area (Å²) in [5, 5.41) is 2.60. The van der Waals surface area contributed by atoms with Crippen LogP contribution >= 0.6 is 15.9 Å². The van der Waals surface area contributed by atoms with Crippen molar-refractivity contribution in [1.29, 1.82) is 0 Å². The number of hydrogen-bond acceptors (Lipinski definition) is 1. The quantitative estimate of drug-likeness (QED) is 0.305. The van der Waals surface area contributed by atoms with Crippen molar-refractivity contribution in [2.75, 3.05) is 4.90 Å². The average Bonchev–Trinajstić information content (AvgIpc) is 2.63. The zero-order valence-electron chi connectivity index (χ0n) is 12.9. The molecule has 1 aliphatic heterocycles. The molecule has 24 heavy (non-hydrogen) atoms. The maximum Gasteiger partial charge on any atom is 0.0551 e. The van der Waals surface area contributed by atoms with Gasteiger partial charge < -0.3 is 4.90 Å². The summed E-state index contributed by atoms with van der Waals surface area (Å²) in [6, 6.07) is 30.2. The molecule has 0 saturated heterocycles. The Morgan fingerprint density at radius 3 is 2.25 bits per heavy atom. The third kappa shape index (κ3) is 1.93. The van der Waals surface area contributed by atoms with E-state index in [1.807, 2.05) is 0 Å². The Labute approximate surface area is 149 Å². The van der Waals surface area contributed by atoms with E-state index in [0.29, 0.717) is 0 Å². The molecule has 4 aromatic rings. The lowest BCUT2D eigenvalue weighted by Gasteiger charge is -2.33. The summed E-state index contributed by atoms with van der Waals surface area (Å²) in [6.07, 6.45) is 0. The van der Waals surface area contributed by atoms with Gasteiger partial charge in [0.05, 0.1) is 11.4 Å². The molecule has 4 aromatic carbocycles. The van der Waals surface area contributed by atoms with Crippen LogP contribution in [0.4, 0.5) is 17.1 Å². The van der Waals surface area contributed by atoms with Crippen molar-refractivity contribution < 1.29 is 0 Å². The molecule has 0 atom stereocenters. The average molecular weight is 372 g/mol. The highest BCUT2D eigenvalue weighted by Crippen LogP contribution is 2.51. The predicted octanol–water partition coefficient (Wildman–Crippen LogP) is 7.05. The Bertz CT molecular complexity index is 1060. The Hall–Kier alpha value is -2.58. The van der Waals surface area contributed by atoms with Crippen molar-refractivity contribution in [2.24, 2.45) is 0 Å². The third-order valence-electron chi connectivity index (χ3n) is 4.63. The fraction of sp³-hybridized carbons (Fsp3) is 0. The van der Waals surface area contributed by atoms with E-state index in [0.717, 1.165) is 4.47 Å². The van der Waals surface area contributed by atoms with Crippen LogP contribution in [0.15, 0.2) is 89.4 Å². The molecular weight excluding hydrogens is 358 g/mol. The minimum absolute atomic E-state index is 1.09. The molecule has 1 aliphatic rings. The number of halogens is 1. The molecule has 0 N–H and O–H groups in total. The van der Waals surface area contributed by atoms with E-state index >= 15 is 0 Å². The highest BCUT2D eigenvalue weighted by atomic mass is 79.9. The molecule has 0 aliphatic carbocycles. The largest absolute Gasteiger partial charge is 0.309 e. The summed E-state index contributed by atoms with van der Waals surface area (Å²) in [7, 11) is 0. The van der Waals surface area contributed by atoms with Crippen LogP contribution in [-0.4, -0.2) is 0 Å². The number of fused-ring (bicyclic) bond motifs is 2. The minimum Gasteiger partial charge on any atom is -0.309 e. The van der Waals surface area contributed by atoms with E-state index in [1.54, 1.807) is 0 Å². The summed E-state index contributed by atoms with van der Waals surface area (Å²) >= 11 is 3.64. The fourth-order valence-corrected chi connectivity index (χ4v) is 3.98. The number of para-hydroxylation sites is 1. The van der Waals surface area contributed by atoms with E-state index in [-0.39, 0.29) is 0 Å². The first-order valence-electron chi connectivity index (χ1n) is 8.00. The summed E-state index contributed by atoms with van der Waals surface area (Å²) in [5.41, 5.74) is 6.20. The lowest BCUT2D eigenvalue weighted by atomic mass is 9.91. The van der Waals surface area contributed by atoms with E-state index in [2.05, 4.69) is 106 Å². The van der Waals surface area contributed by atoms with E-state index < -0.39 is 0 Å². The van der Waals surface area contributed by atoms with Crippen molar-refractivity contribution in [3.05, 3.63) is 89.4 Å². The first-order chi connectivity index (χ1) is 11.8. The summed E-state index contributed by atoms with van der Waals surface area (Å²) in [4.78, 5) is 2.36. The van der Waals surface area contributed by atoms with Gasteiger partial charge in [0.25, 0.3) is 0 Å². The maximum atomic E-state index is 3.64. The molecular formula is C22H14BrN. The van der Waals surface area contributed by atoms with Gasteiger partial charge in [-0.2, -0.15) is 0 Å². The van der Waals surface area contributed by atoms with Crippen LogP contribution in [0.1, 0.15) is 0 Å².